The van der Waals surface area contributed by atoms with E-state index in [1.165, 1.54) is 7.11 Å². The minimum Gasteiger partial charge on any atom is -0.492 e. The molecule has 2 bridgehead atoms. The van der Waals surface area contributed by atoms with Gasteiger partial charge < -0.3 is 58.7 Å². The number of aliphatic hydroxyl groups excluding tert-OH is 3. The van der Waals surface area contributed by atoms with E-state index in [4.69, 9.17) is 38.3 Å². The first-order valence-electron chi connectivity index (χ1n) is 13.3. The molecular weight excluding hydrogens is 572 g/mol. The molecule has 2 aromatic carbocycles. The number of hydrogen-bond acceptors (Lipinski definition) is 13. The van der Waals surface area contributed by atoms with Crippen LogP contribution in [0.3, 0.4) is 0 Å². The zero-order chi connectivity index (χ0) is 30.5. The number of rotatable bonds is 7. The smallest absolute Gasteiger partial charge is 0.317 e. The van der Waals surface area contributed by atoms with Crippen LogP contribution in [-0.2, 0) is 19.1 Å². The summed E-state index contributed by atoms with van der Waals surface area (Å²) in [7, 11) is 1.47. The molecule has 0 aromatic heterocycles. The van der Waals surface area contributed by atoms with Crippen molar-refractivity contribution in [3.8, 4) is 40.6 Å². The van der Waals surface area contributed by atoms with Crippen LogP contribution in [-0.4, -0.2) is 94.8 Å². The number of carbonyl (C=O) groups is 2. The van der Waals surface area contributed by atoms with E-state index in [1.807, 2.05) is 6.07 Å². The van der Waals surface area contributed by atoms with Crippen molar-refractivity contribution in [2.45, 2.75) is 55.1 Å². The minimum absolute atomic E-state index is 0.154. The fourth-order valence-electron chi connectivity index (χ4n) is 5.72. The molecule has 1 saturated heterocycles. The van der Waals surface area contributed by atoms with Gasteiger partial charge in [0.2, 0.25) is 12.0 Å². The van der Waals surface area contributed by atoms with E-state index in [9.17, 15) is 30.0 Å². The number of fused-ring (bicyclic) bond motifs is 8. The van der Waals surface area contributed by atoms with E-state index in [2.05, 4.69) is 11.8 Å². The van der Waals surface area contributed by atoms with Crippen molar-refractivity contribution in [1.82, 2.24) is 0 Å². The molecule has 0 saturated carbocycles. The molecule has 1 fully saturated rings. The summed E-state index contributed by atoms with van der Waals surface area (Å²) < 4.78 is 39.8. The molecule has 43 heavy (non-hydrogen) atoms. The molecule has 5 N–H and O–H groups in total. The van der Waals surface area contributed by atoms with Crippen LogP contribution in [0.4, 0.5) is 0 Å². The van der Waals surface area contributed by atoms with Crippen LogP contribution in [0.25, 0.3) is 0 Å². The van der Waals surface area contributed by atoms with Crippen molar-refractivity contribution in [3.05, 3.63) is 41.0 Å². The predicted molar refractivity (Wildman–Crippen MR) is 140 cm³/mol. The molecule has 228 valence electrons. The van der Waals surface area contributed by atoms with Gasteiger partial charge in [-0.1, -0.05) is 17.9 Å². The van der Waals surface area contributed by atoms with Crippen LogP contribution in [0.2, 0.25) is 0 Å². The molecule has 0 spiro atoms. The molecule has 0 aliphatic carbocycles. The van der Waals surface area contributed by atoms with Gasteiger partial charge in [-0.15, -0.1) is 0 Å². The van der Waals surface area contributed by atoms with E-state index in [0.29, 0.717) is 34.1 Å². The molecule has 7 rings (SSSR count). The zero-order valence-corrected chi connectivity index (χ0v) is 22.7. The van der Waals surface area contributed by atoms with E-state index < -0.39 is 74.5 Å². The first-order valence-corrected chi connectivity index (χ1v) is 13.3. The van der Waals surface area contributed by atoms with E-state index >= 15 is 0 Å². The highest BCUT2D eigenvalue weighted by Gasteiger charge is 2.56. The third-order valence-electron chi connectivity index (χ3n) is 7.88. The average Bonchev–Trinajstić information content (AvgIpc) is 3.36. The average molecular weight is 601 g/mol. The topological polar surface area (TPSA) is 200 Å². The quantitative estimate of drug-likeness (QED) is 0.123. The number of methoxy groups -OCH3 is 1. The molecule has 5 aliphatic heterocycles. The van der Waals surface area contributed by atoms with Gasteiger partial charge in [0.05, 0.1) is 25.2 Å². The number of esters is 1. The Morgan fingerprint density at radius 2 is 1.95 bits per heavy atom. The molecule has 2 aromatic rings. The lowest BCUT2D eigenvalue weighted by Crippen LogP contribution is -2.68. The molecule has 7 unspecified atom stereocenters. The van der Waals surface area contributed by atoms with Gasteiger partial charge in [0.1, 0.15) is 54.5 Å². The molecule has 14 nitrogen and oxygen atoms in total. The normalized spacial score (nSPS) is 29.5. The minimum atomic E-state index is -2.18. The molecule has 14 heteroatoms. The van der Waals surface area contributed by atoms with E-state index in [-0.39, 0.29) is 18.3 Å². The predicted octanol–water partition coefficient (Wildman–Crippen LogP) is -0.0368. The SMILES string of the molecule is COc1c(OCO)ccc2c1OC1c3cc4c(cc3OCC21)OC1OC(COC(=O)CC(=O)O)C(O)(CC#C4)C(O)C1O. The number of benzene rings is 2. The second-order valence-electron chi connectivity index (χ2n) is 10.4. The van der Waals surface area contributed by atoms with Crippen LogP contribution in [0.5, 0.6) is 28.7 Å². The Morgan fingerprint density at radius 1 is 1.14 bits per heavy atom. The lowest BCUT2D eigenvalue weighted by atomic mass is 9.81. The largest absolute Gasteiger partial charge is 0.492 e. The maximum atomic E-state index is 11.8. The Labute approximate surface area is 244 Å². The number of hydrogen-bond donors (Lipinski definition) is 5. The fourth-order valence-corrected chi connectivity index (χ4v) is 5.72. The first-order chi connectivity index (χ1) is 20.6. The number of carbonyl (C=O) groups excluding carboxylic acids is 1. The van der Waals surface area contributed by atoms with Crippen LogP contribution in [0, 0.1) is 11.8 Å². The second kappa shape index (κ2) is 11.1. The van der Waals surface area contributed by atoms with Crippen molar-refractivity contribution in [1.29, 1.82) is 0 Å². The van der Waals surface area contributed by atoms with Gasteiger partial charge in [-0.3, -0.25) is 9.59 Å². The zero-order valence-electron chi connectivity index (χ0n) is 22.7. The van der Waals surface area contributed by atoms with Gasteiger partial charge in [-0.2, -0.15) is 0 Å². The summed E-state index contributed by atoms with van der Waals surface area (Å²) in [5.41, 5.74) is -0.331. The third-order valence-corrected chi connectivity index (χ3v) is 7.88. The van der Waals surface area contributed by atoms with Gasteiger partial charge in [0, 0.05) is 23.6 Å². The maximum Gasteiger partial charge on any atom is 0.317 e. The van der Waals surface area contributed by atoms with Crippen molar-refractivity contribution >= 4 is 11.9 Å². The maximum absolute atomic E-state index is 11.8. The summed E-state index contributed by atoms with van der Waals surface area (Å²) in [4.78, 5) is 22.6. The molecule has 5 heterocycles. The molecule has 7 atom stereocenters. The number of aliphatic carboxylic acids is 1. The first kappa shape index (κ1) is 28.8. The highest BCUT2D eigenvalue weighted by Crippen LogP contribution is 2.56. The van der Waals surface area contributed by atoms with Crippen LogP contribution in [0.15, 0.2) is 24.3 Å². The van der Waals surface area contributed by atoms with Gasteiger partial charge in [0.25, 0.3) is 0 Å². The van der Waals surface area contributed by atoms with E-state index in [1.54, 1.807) is 18.2 Å². The Bertz CT molecular complexity index is 1510. The van der Waals surface area contributed by atoms with Crippen molar-refractivity contribution in [2.24, 2.45) is 0 Å². The summed E-state index contributed by atoms with van der Waals surface area (Å²) in [5, 5.41) is 51.0. The number of ether oxygens (including phenoxy) is 7. The number of carboxylic acid groups (broad SMARTS) is 1. The highest BCUT2D eigenvalue weighted by atomic mass is 16.7. The third kappa shape index (κ3) is 4.94. The summed E-state index contributed by atoms with van der Waals surface area (Å²) in [6, 6.07) is 6.78. The summed E-state index contributed by atoms with van der Waals surface area (Å²) in [6.45, 7) is -0.916. The van der Waals surface area contributed by atoms with Crippen LogP contribution >= 0.6 is 0 Å². The monoisotopic (exact) mass is 600 g/mol. The molecule has 0 amide bonds. The second-order valence-corrected chi connectivity index (χ2v) is 10.4. The summed E-state index contributed by atoms with van der Waals surface area (Å²) >= 11 is 0. The molecule has 0 radical (unpaired) electrons. The standard InChI is InChI=1S/C29H28O14/c1-37-26-17(40-12-30)5-4-14-16-10-38-19-8-18-13(7-15(19)24(16)43-25(14)26)3-2-6-29(36)20(11-39-22(33)9-21(31)32)42-28(41-18)23(34)27(29)35/h4-5,7-8,16,20,23-24,27-28,30,34-36H,6,9-12H2,1H3,(H,31,32). The highest BCUT2D eigenvalue weighted by molar-refractivity contribution is 5.90. The lowest BCUT2D eigenvalue weighted by Gasteiger charge is -2.47. The number of carboxylic acids is 1. The summed E-state index contributed by atoms with van der Waals surface area (Å²) in [5.74, 6) is 4.74. The Balaban J connectivity index is 1.32. The van der Waals surface area contributed by atoms with Crippen LogP contribution < -0.4 is 23.7 Å². The van der Waals surface area contributed by atoms with E-state index in [0.717, 1.165) is 5.56 Å². The Kier molecular flexibility index (Phi) is 7.45. The molecular formula is C29H28O14. The molecule has 5 aliphatic rings. The van der Waals surface area contributed by atoms with Crippen molar-refractivity contribution in [2.75, 3.05) is 27.1 Å². The Morgan fingerprint density at radius 3 is 2.70 bits per heavy atom. The lowest BCUT2D eigenvalue weighted by molar-refractivity contribution is -0.312. The number of aliphatic hydroxyl groups is 4. The van der Waals surface area contributed by atoms with Crippen molar-refractivity contribution < 1.29 is 68.3 Å². The summed E-state index contributed by atoms with van der Waals surface area (Å²) in [6.07, 6.45) is -8.25. The van der Waals surface area contributed by atoms with Gasteiger partial charge in [0.15, 0.2) is 18.3 Å². The van der Waals surface area contributed by atoms with Gasteiger partial charge in [-0.05, 0) is 12.1 Å². The fraction of sp³-hybridized carbons (Fsp3) is 0.448. The van der Waals surface area contributed by atoms with Gasteiger partial charge in [-0.25, -0.2) is 0 Å². The Hall–Kier alpha value is -4.26. The van der Waals surface area contributed by atoms with Gasteiger partial charge >= 0.3 is 11.9 Å². The van der Waals surface area contributed by atoms with Crippen molar-refractivity contribution in [3.63, 3.8) is 0 Å². The van der Waals surface area contributed by atoms with Crippen LogP contribution in [0.1, 0.15) is 41.6 Å².